The van der Waals surface area contributed by atoms with Crippen molar-refractivity contribution in [2.75, 3.05) is 5.73 Å². The number of rotatable bonds is 1. The van der Waals surface area contributed by atoms with Gasteiger partial charge in [-0.2, -0.15) is 18.2 Å². The molecule has 0 aromatic carbocycles. The maximum Gasteiger partial charge on any atom is 0.391 e. The van der Waals surface area contributed by atoms with Gasteiger partial charge < -0.3 is 5.73 Å². The Labute approximate surface area is 90.4 Å². The first-order valence-corrected chi connectivity index (χ1v) is 5.21. The van der Waals surface area contributed by atoms with Gasteiger partial charge in [0.15, 0.2) is 0 Å². The molecular weight excluding hydrogens is 221 g/mol. The Morgan fingerprint density at radius 3 is 2.25 bits per heavy atom. The van der Waals surface area contributed by atoms with Gasteiger partial charge in [-0.3, -0.25) is 5.10 Å². The lowest BCUT2D eigenvalue weighted by Gasteiger charge is -2.28. The van der Waals surface area contributed by atoms with E-state index in [9.17, 15) is 13.2 Å². The molecule has 1 aliphatic rings. The minimum Gasteiger partial charge on any atom is -0.367 e. The number of aromatic amines is 1. The van der Waals surface area contributed by atoms with Crippen molar-refractivity contribution in [2.24, 2.45) is 5.92 Å². The van der Waals surface area contributed by atoms with Gasteiger partial charge >= 0.3 is 6.18 Å². The lowest BCUT2D eigenvalue weighted by Crippen LogP contribution is -2.27. The lowest BCUT2D eigenvalue weighted by atomic mass is 9.81. The Morgan fingerprint density at radius 2 is 1.81 bits per heavy atom. The van der Waals surface area contributed by atoms with Crippen molar-refractivity contribution < 1.29 is 13.2 Å². The summed E-state index contributed by atoms with van der Waals surface area (Å²) >= 11 is 0. The van der Waals surface area contributed by atoms with E-state index >= 15 is 0 Å². The number of halogens is 3. The molecule has 0 unspecified atom stereocenters. The van der Waals surface area contributed by atoms with E-state index in [1.54, 1.807) is 0 Å². The average molecular weight is 234 g/mol. The van der Waals surface area contributed by atoms with E-state index in [2.05, 4.69) is 15.2 Å². The normalized spacial score (nSPS) is 26.9. The molecule has 0 spiro atoms. The Kier molecular flexibility index (Phi) is 2.77. The summed E-state index contributed by atoms with van der Waals surface area (Å²) in [5.74, 6) is -0.376. The number of aromatic nitrogens is 3. The van der Waals surface area contributed by atoms with E-state index in [1.807, 2.05) is 0 Å². The first-order valence-electron chi connectivity index (χ1n) is 5.21. The second-order valence-electron chi connectivity index (χ2n) is 4.17. The zero-order chi connectivity index (χ0) is 11.8. The Morgan fingerprint density at radius 1 is 1.19 bits per heavy atom. The van der Waals surface area contributed by atoms with Crippen LogP contribution < -0.4 is 5.73 Å². The van der Waals surface area contributed by atoms with E-state index in [4.69, 9.17) is 5.73 Å². The SMILES string of the molecule is Nc1n[nH]c(C2CCC(C(F)(F)F)CC2)n1. The Bertz CT molecular complexity index is 352. The number of nitrogens with zero attached hydrogens (tertiary/aromatic N) is 2. The van der Waals surface area contributed by atoms with Gasteiger partial charge in [0.05, 0.1) is 5.92 Å². The minimum atomic E-state index is -4.06. The smallest absolute Gasteiger partial charge is 0.367 e. The van der Waals surface area contributed by atoms with Crippen LogP contribution in [0.2, 0.25) is 0 Å². The zero-order valence-corrected chi connectivity index (χ0v) is 8.59. The van der Waals surface area contributed by atoms with Crippen LogP contribution in [-0.4, -0.2) is 21.4 Å². The first-order chi connectivity index (χ1) is 7.47. The van der Waals surface area contributed by atoms with Crippen LogP contribution in [0.5, 0.6) is 0 Å². The zero-order valence-electron chi connectivity index (χ0n) is 8.59. The Hall–Kier alpha value is -1.27. The quantitative estimate of drug-likeness (QED) is 0.782. The lowest BCUT2D eigenvalue weighted by molar-refractivity contribution is -0.182. The second-order valence-corrected chi connectivity index (χ2v) is 4.17. The Balaban J connectivity index is 1.95. The standard InChI is InChI=1S/C9H13F3N4/c10-9(11,12)6-3-1-5(2-4-6)7-14-8(13)16-15-7/h5-6H,1-4H2,(H3,13,14,15,16). The molecule has 0 saturated heterocycles. The fourth-order valence-electron chi connectivity index (χ4n) is 2.16. The number of hydrogen-bond donors (Lipinski definition) is 2. The van der Waals surface area contributed by atoms with Crippen molar-refractivity contribution >= 4 is 5.95 Å². The third kappa shape index (κ3) is 2.28. The third-order valence-electron chi connectivity index (χ3n) is 3.10. The number of hydrogen-bond acceptors (Lipinski definition) is 3. The van der Waals surface area contributed by atoms with E-state index < -0.39 is 12.1 Å². The molecule has 1 aromatic heterocycles. The molecule has 2 rings (SSSR count). The van der Waals surface area contributed by atoms with Gasteiger partial charge in [-0.15, -0.1) is 5.10 Å². The van der Waals surface area contributed by atoms with Crippen LogP contribution in [0.1, 0.15) is 37.4 Å². The monoisotopic (exact) mass is 234 g/mol. The summed E-state index contributed by atoms with van der Waals surface area (Å²) in [5.41, 5.74) is 5.35. The van der Waals surface area contributed by atoms with Gasteiger partial charge in [-0.05, 0) is 25.7 Å². The molecule has 1 fully saturated rings. The van der Waals surface area contributed by atoms with E-state index in [1.165, 1.54) is 0 Å². The number of anilines is 1. The molecule has 4 nitrogen and oxygen atoms in total. The summed E-state index contributed by atoms with van der Waals surface area (Å²) < 4.78 is 37.3. The van der Waals surface area contributed by atoms with Crippen molar-refractivity contribution in [2.45, 2.75) is 37.8 Å². The fraction of sp³-hybridized carbons (Fsp3) is 0.778. The van der Waals surface area contributed by atoms with Crippen LogP contribution in [0.25, 0.3) is 0 Å². The summed E-state index contributed by atoms with van der Waals surface area (Å²) in [5, 5.41) is 6.34. The van der Waals surface area contributed by atoms with E-state index in [0.29, 0.717) is 18.7 Å². The number of nitrogens with one attached hydrogen (secondary N) is 1. The van der Waals surface area contributed by atoms with Crippen LogP contribution in [0.3, 0.4) is 0 Å². The minimum absolute atomic E-state index is 0.0309. The maximum atomic E-state index is 12.4. The summed E-state index contributed by atoms with van der Waals surface area (Å²) in [4.78, 5) is 3.95. The van der Waals surface area contributed by atoms with Crippen molar-refractivity contribution in [3.63, 3.8) is 0 Å². The molecule has 0 bridgehead atoms. The fourth-order valence-corrected chi connectivity index (χ4v) is 2.16. The van der Waals surface area contributed by atoms with Gasteiger partial charge in [0.25, 0.3) is 0 Å². The van der Waals surface area contributed by atoms with Gasteiger partial charge in [0, 0.05) is 5.92 Å². The van der Waals surface area contributed by atoms with Crippen LogP contribution in [0.4, 0.5) is 19.1 Å². The maximum absolute atomic E-state index is 12.4. The number of alkyl halides is 3. The number of H-pyrrole nitrogens is 1. The van der Waals surface area contributed by atoms with Gasteiger partial charge in [0.1, 0.15) is 5.82 Å². The highest BCUT2D eigenvalue weighted by molar-refractivity contribution is 5.14. The molecule has 0 atom stereocenters. The molecule has 3 N–H and O–H groups in total. The molecule has 0 aliphatic heterocycles. The highest BCUT2D eigenvalue weighted by Gasteiger charge is 2.41. The van der Waals surface area contributed by atoms with Gasteiger partial charge in [-0.25, -0.2) is 0 Å². The second kappa shape index (κ2) is 3.95. The largest absolute Gasteiger partial charge is 0.391 e. The van der Waals surface area contributed by atoms with Crippen LogP contribution in [0, 0.1) is 5.92 Å². The van der Waals surface area contributed by atoms with Crippen LogP contribution in [-0.2, 0) is 0 Å². The highest BCUT2D eigenvalue weighted by atomic mass is 19.4. The summed E-state index contributed by atoms with van der Waals surface area (Å²) in [6, 6.07) is 0. The summed E-state index contributed by atoms with van der Waals surface area (Å²) in [6.07, 6.45) is -2.77. The molecule has 0 radical (unpaired) electrons. The third-order valence-corrected chi connectivity index (χ3v) is 3.10. The first kappa shape index (κ1) is 11.2. The van der Waals surface area contributed by atoms with Crippen molar-refractivity contribution in [1.82, 2.24) is 15.2 Å². The topological polar surface area (TPSA) is 67.6 Å². The van der Waals surface area contributed by atoms with Gasteiger partial charge in [-0.1, -0.05) is 0 Å². The predicted molar refractivity (Wildman–Crippen MR) is 51.5 cm³/mol. The van der Waals surface area contributed by atoms with Crippen molar-refractivity contribution in [3.05, 3.63) is 5.82 Å². The molecule has 90 valence electrons. The summed E-state index contributed by atoms with van der Waals surface area (Å²) in [6.45, 7) is 0. The van der Waals surface area contributed by atoms with Gasteiger partial charge in [0.2, 0.25) is 5.95 Å². The van der Waals surface area contributed by atoms with Crippen LogP contribution >= 0.6 is 0 Å². The molecule has 1 aromatic rings. The molecule has 7 heteroatoms. The molecule has 0 amide bonds. The van der Waals surface area contributed by atoms with E-state index in [0.717, 1.165) is 0 Å². The van der Waals surface area contributed by atoms with E-state index in [-0.39, 0.29) is 24.7 Å². The molecule has 16 heavy (non-hydrogen) atoms. The van der Waals surface area contributed by atoms with Crippen molar-refractivity contribution in [1.29, 1.82) is 0 Å². The number of nitrogen functional groups attached to an aromatic ring is 1. The number of nitrogens with two attached hydrogens (primary N) is 1. The highest BCUT2D eigenvalue weighted by Crippen LogP contribution is 2.42. The molecule has 1 aliphatic carbocycles. The average Bonchev–Trinajstić information content (AvgIpc) is 2.64. The van der Waals surface area contributed by atoms with Crippen LogP contribution in [0.15, 0.2) is 0 Å². The predicted octanol–water partition coefficient (Wildman–Crippen LogP) is 2.22. The molecular formula is C9H13F3N4. The molecule has 1 heterocycles. The van der Waals surface area contributed by atoms with Crippen molar-refractivity contribution in [3.8, 4) is 0 Å². The molecule has 1 saturated carbocycles. The summed E-state index contributed by atoms with van der Waals surface area (Å²) in [7, 11) is 0.